The molecule has 1 heterocycles. The first kappa shape index (κ1) is 7.98. The highest BCUT2D eigenvalue weighted by molar-refractivity contribution is 5.30. The Morgan fingerprint density at radius 1 is 1.31 bits per heavy atom. The van der Waals surface area contributed by atoms with Crippen molar-refractivity contribution in [3.8, 4) is 5.69 Å². The van der Waals surface area contributed by atoms with Crippen molar-refractivity contribution in [1.29, 1.82) is 0 Å². The van der Waals surface area contributed by atoms with Crippen LogP contribution < -0.4 is 0 Å². The summed E-state index contributed by atoms with van der Waals surface area (Å²) in [7, 11) is 0. The molecule has 2 aromatic rings. The summed E-state index contributed by atoms with van der Waals surface area (Å²) in [5, 5.41) is 4.04. The molecule has 0 bridgehead atoms. The molecule has 1 aromatic heterocycles. The van der Waals surface area contributed by atoms with E-state index in [-0.39, 0.29) is 0 Å². The lowest BCUT2D eigenvalue weighted by atomic mass is 10.3. The number of para-hydroxylation sites is 1. The molecular weight excluding hydrogens is 162 g/mol. The van der Waals surface area contributed by atoms with Crippen molar-refractivity contribution in [1.82, 2.24) is 14.8 Å². The van der Waals surface area contributed by atoms with E-state index in [0.29, 0.717) is 0 Å². The van der Waals surface area contributed by atoms with Crippen molar-refractivity contribution in [3.05, 3.63) is 42.5 Å². The number of hydrogen-bond acceptors (Lipinski definition) is 2. The van der Waals surface area contributed by atoms with Crippen LogP contribution in [0.4, 0.5) is 0 Å². The van der Waals surface area contributed by atoms with Crippen molar-refractivity contribution in [3.63, 3.8) is 0 Å². The fourth-order valence-electron chi connectivity index (χ4n) is 1.23. The number of hydrogen-bond donors (Lipinski definition) is 0. The summed E-state index contributed by atoms with van der Waals surface area (Å²) >= 11 is 0. The number of benzene rings is 1. The fourth-order valence-corrected chi connectivity index (χ4v) is 1.23. The number of aryl methyl sites for hydroxylation is 1. The van der Waals surface area contributed by atoms with Gasteiger partial charge in [-0.25, -0.2) is 9.67 Å². The van der Waals surface area contributed by atoms with E-state index >= 15 is 0 Å². The van der Waals surface area contributed by atoms with Crippen LogP contribution in [0.5, 0.6) is 0 Å². The lowest BCUT2D eigenvalue weighted by molar-refractivity contribution is 0.800. The van der Waals surface area contributed by atoms with Crippen LogP contribution in [0.1, 0.15) is 12.7 Å². The van der Waals surface area contributed by atoms with Crippen LogP contribution in [-0.2, 0) is 6.42 Å². The summed E-state index contributed by atoms with van der Waals surface area (Å²) in [5.74, 6) is 0.936. The van der Waals surface area contributed by atoms with Gasteiger partial charge in [-0.2, -0.15) is 0 Å². The lowest BCUT2D eigenvalue weighted by Gasteiger charge is -2.02. The highest BCUT2D eigenvalue weighted by atomic mass is 15.3. The number of rotatable bonds is 2. The van der Waals surface area contributed by atoms with Gasteiger partial charge in [0.2, 0.25) is 6.33 Å². The second-order valence-electron chi connectivity index (χ2n) is 2.73. The molecule has 0 aliphatic carbocycles. The first-order valence-electron chi connectivity index (χ1n) is 4.29. The van der Waals surface area contributed by atoms with Crippen LogP contribution in [0.3, 0.4) is 0 Å². The third kappa shape index (κ3) is 1.45. The molecule has 0 aliphatic heterocycles. The smallest absolute Gasteiger partial charge is 0.217 e. The van der Waals surface area contributed by atoms with Gasteiger partial charge in [0, 0.05) is 6.42 Å². The van der Waals surface area contributed by atoms with Crippen molar-refractivity contribution < 1.29 is 0 Å². The van der Waals surface area contributed by atoms with E-state index in [1.165, 1.54) is 0 Å². The Labute approximate surface area is 77.0 Å². The largest absolute Gasteiger partial charge is 0.221 e. The van der Waals surface area contributed by atoms with Crippen LogP contribution in [0.15, 0.2) is 30.3 Å². The quantitative estimate of drug-likeness (QED) is 0.689. The Balaban J connectivity index is 2.47. The fraction of sp³-hybridized carbons (Fsp3) is 0.200. The summed E-state index contributed by atoms with van der Waals surface area (Å²) in [6.45, 7) is 2.05. The summed E-state index contributed by atoms with van der Waals surface area (Å²) in [6.07, 6.45) is 3.48. The molecular formula is C10H10N3. The first-order valence-corrected chi connectivity index (χ1v) is 4.29. The average molecular weight is 172 g/mol. The maximum atomic E-state index is 4.04. The highest BCUT2D eigenvalue weighted by Gasteiger charge is 2.02. The van der Waals surface area contributed by atoms with Gasteiger partial charge < -0.3 is 0 Å². The van der Waals surface area contributed by atoms with Gasteiger partial charge in [-0.05, 0) is 12.1 Å². The van der Waals surface area contributed by atoms with Crippen molar-refractivity contribution >= 4 is 0 Å². The van der Waals surface area contributed by atoms with E-state index < -0.39 is 0 Å². The molecule has 13 heavy (non-hydrogen) atoms. The standard InChI is InChI=1S/C10H10N3/c1-2-10-11-8-12-13(10)9-6-4-3-5-7-9/h3-7H,2H2,1H3. The Hall–Kier alpha value is -1.64. The predicted molar refractivity (Wildman–Crippen MR) is 49.6 cm³/mol. The molecule has 3 nitrogen and oxygen atoms in total. The molecule has 0 spiro atoms. The van der Waals surface area contributed by atoms with E-state index in [2.05, 4.69) is 23.3 Å². The van der Waals surface area contributed by atoms with E-state index in [0.717, 1.165) is 17.9 Å². The third-order valence-electron chi connectivity index (χ3n) is 1.89. The third-order valence-corrected chi connectivity index (χ3v) is 1.89. The van der Waals surface area contributed by atoms with Crippen LogP contribution in [0, 0.1) is 6.33 Å². The maximum absolute atomic E-state index is 4.04. The van der Waals surface area contributed by atoms with Gasteiger partial charge in [0.05, 0.1) is 5.69 Å². The highest BCUT2D eigenvalue weighted by Crippen LogP contribution is 2.07. The summed E-state index contributed by atoms with van der Waals surface area (Å²) < 4.78 is 1.81. The molecule has 0 saturated heterocycles. The number of aromatic nitrogens is 3. The zero-order valence-corrected chi connectivity index (χ0v) is 7.44. The van der Waals surface area contributed by atoms with Crippen molar-refractivity contribution in [2.75, 3.05) is 0 Å². The zero-order chi connectivity index (χ0) is 9.10. The van der Waals surface area contributed by atoms with Gasteiger partial charge >= 0.3 is 0 Å². The van der Waals surface area contributed by atoms with Crippen molar-refractivity contribution in [2.24, 2.45) is 0 Å². The molecule has 0 aliphatic rings. The van der Waals surface area contributed by atoms with Crippen molar-refractivity contribution in [2.45, 2.75) is 13.3 Å². The first-order chi connectivity index (χ1) is 6.42. The molecule has 3 heteroatoms. The van der Waals surface area contributed by atoms with Gasteiger partial charge in [-0.1, -0.05) is 25.1 Å². The van der Waals surface area contributed by atoms with Crippen LogP contribution in [0.2, 0.25) is 0 Å². The van der Waals surface area contributed by atoms with E-state index in [9.17, 15) is 0 Å². The molecule has 0 amide bonds. The zero-order valence-electron chi connectivity index (χ0n) is 7.44. The topological polar surface area (TPSA) is 30.7 Å². The Kier molecular flexibility index (Phi) is 2.08. The molecule has 0 unspecified atom stereocenters. The molecule has 0 fully saturated rings. The van der Waals surface area contributed by atoms with E-state index in [1.807, 2.05) is 30.3 Å². The van der Waals surface area contributed by atoms with E-state index in [4.69, 9.17) is 0 Å². The second kappa shape index (κ2) is 3.39. The minimum absolute atomic E-state index is 0.866. The van der Waals surface area contributed by atoms with Gasteiger partial charge in [0.15, 0.2) is 0 Å². The summed E-state index contributed by atoms with van der Waals surface area (Å²) in [6, 6.07) is 9.95. The average Bonchev–Trinajstić information content (AvgIpc) is 2.67. The minimum atomic E-state index is 0.866. The maximum Gasteiger partial charge on any atom is 0.221 e. The molecule has 65 valence electrons. The van der Waals surface area contributed by atoms with Crippen LogP contribution >= 0.6 is 0 Å². The Bertz CT molecular complexity index is 378. The monoisotopic (exact) mass is 172 g/mol. The summed E-state index contributed by atoms with van der Waals surface area (Å²) in [5.41, 5.74) is 1.04. The SMILES string of the molecule is CCc1n[c]nn1-c1ccccc1. The van der Waals surface area contributed by atoms with Gasteiger partial charge in [-0.3, -0.25) is 0 Å². The normalized spacial score (nSPS) is 10.2. The molecule has 0 N–H and O–H groups in total. The number of nitrogens with zero attached hydrogens (tertiary/aromatic N) is 3. The van der Waals surface area contributed by atoms with Gasteiger partial charge in [-0.15, -0.1) is 5.10 Å². The van der Waals surface area contributed by atoms with Crippen LogP contribution in [-0.4, -0.2) is 14.8 Å². The van der Waals surface area contributed by atoms with E-state index in [1.54, 1.807) is 4.68 Å². The van der Waals surface area contributed by atoms with Crippen LogP contribution in [0.25, 0.3) is 5.69 Å². The minimum Gasteiger partial charge on any atom is -0.217 e. The Morgan fingerprint density at radius 3 is 2.77 bits per heavy atom. The van der Waals surface area contributed by atoms with Gasteiger partial charge in [0.25, 0.3) is 0 Å². The van der Waals surface area contributed by atoms with Gasteiger partial charge in [0.1, 0.15) is 5.82 Å². The molecule has 0 saturated carbocycles. The molecule has 1 aromatic carbocycles. The molecule has 0 atom stereocenters. The molecule has 1 radical (unpaired) electrons. The lowest BCUT2D eigenvalue weighted by Crippen LogP contribution is -2.01. The Morgan fingerprint density at radius 2 is 2.08 bits per heavy atom. The molecule has 2 rings (SSSR count). The summed E-state index contributed by atoms with van der Waals surface area (Å²) in [4.78, 5) is 4.04. The second-order valence-corrected chi connectivity index (χ2v) is 2.73. The predicted octanol–water partition coefficient (Wildman–Crippen LogP) is 1.63.